The van der Waals surface area contributed by atoms with Crippen LogP contribution in [0.3, 0.4) is 0 Å². The molecular weight excluding hydrogens is 407 g/mol. The summed E-state index contributed by atoms with van der Waals surface area (Å²) in [7, 11) is 0. The predicted octanol–water partition coefficient (Wildman–Crippen LogP) is 5.41. The lowest BCUT2D eigenvalue weighted by molar-refractivity contribution is 0.476. The molecule has 0 fully saturated rings. The van der Waals surface area contributed by atoms with Crippen LogP contribution in [0.15, 0.2) is 57.0 Å². The van der Waals surface area contributed by atoms with E-state index in [9.17, 15) is 9.18 Å². The molecule has 0 unspecified atom stereocenters. The normalized spacial score (nSPS) is 13.7. The topological polar surface area (TPSA) is 48.0 Å². The molecule has 3 aromatic heterocycles. The molecule has 4 aromatic rings. The van der Waals surface area contributed by atoms with Gasteiger partial charge in [-0.3, -0.25) is 9.36 Å². The number of thioether (sulfide) groups is 1. The Bertz CT molecular complexity index is 1230. The molecule has 0 aliphatic heterocycles. The van der Waals surface area contributed by atoms with Crippen molar-refractivity contribution in [2.75, 3.05) is 0 Å². The molecule has 1 aromatic carbocycles. The number of thiophene rings is 1. The van der Waals surface area contributed by atoms with Crippen LogP contribution >= 0.6 is 23.1 Å². The van der Waals surface area contributed by atoms with Crippen molar-refractivity contribution in [3.63, 3.8) is 0 Å². The zero-order valence-electron chi connectivity index (χ0n) is 15.7. The van der Waals surface area contributed by atoms with E-state index in [2.05, 4.69) is 0 Å². The molecule has 29 heavy (non-hydrogen) atoms. The molecule has 0 amide bonds. The number of halogens is 1. The van der Waals surface area contributed by atoms with E-state index < -0.39 is 0 Å². The molecule has 0 atom stereocenters. The summed E-state index contributed by atoms with van der Waals surface area (Å²) in [6.07, 6.45) is 5.83. The number of hydrogen-bond donors (Lipinski definition) is 0. The third-order valence-electron chi connectivity index (χ3n) is 5.25. The van der Waals surface area contributed by atoms with E-state index in [0.717, 1.165) is 35.9 Å². The summed E-state index contributed by atoms with van der Waals surface area (Å²) in [6.45, 7) is 0.318. The van der Waals surface area contributed by atoms with Crippen molar-refractivity contribution in [2.45, 2.75) is 43.1 Å². The maximum absolute atomic E-state index is 14.1. The Kier molecular flexibility index (Phi) is 5.01. The molecule has 5 rings (SSSR count). The summed E-state index contributed by atoms with van der Waals surface area (Å²) in [5.74, 6) is 0.867. The molecule has 0 saturated carbocycles. The first-order chi connectivity index (χ1) is 14.2. The van der Waals surface area contributed by atoms with E-state index in [-0.39, 0.29) is 11.4 Å². The largest absolute Gasteiger partial charge is 0.467 e. The molecule has 7 heteroatoms. The van der Waals surface area contributed by atoms with E-state index in [0.29, 0.717) is 28.8 Å². The summed E-state index contributed by atoms with van der Waals surface area (Å²) < 4.78 is 21.2. The Morgan fingerprint density at radius 2 is 2.03 bits per heavy atom. The van der Waals surface area contributed by atoms with Gasteiger partial charge in [-0.25, -0.2) is 9.37 Å². The lowest BCUT2D eigenvalue weighted by atomic mass is 9.97. The lowest BCUT2D eigenvalue weighted by Gasteiger charge is -2.13. The molecule has 0 N–H and O–H groups in total. The van der Waals surface area contributed by atoms with Gasteiger partial charge in [-0.05, 0) is 55.0 Å². The quantitative estimate of drug-likeness (QED) is 0.316. The number of aryl methyl sites for hydroxylation is 2. The van der Waals surface area contributed by atoms with Crippen molar-refractivity contribution < 1.29 is 8.81 Å². The highest BCUT2D eigenvalue weighted by Gasteiger charge is 2.22. The summed E-state index contributed by atoms with van der Waals surface area (Å²) >= 11 is 3.02. The van der Waals surface area contributed by atoms with Crippen LogP contribution in [-0.2, 0) is 25.1 Å². The number of hydrogen-bond acceptors (Lipinski definition) is 5. The first-order valence-electron chi connectivity index (χ1n) is 9.64. The minimum atomic E-state index is -0.243. The standard InChI is InChI=1S/C22H19FN2O2S2/c23-17-9-3-1-6-14(17)13-28-22-24-20-19(16-8-2-4-10-18(16)29-20)21(26)25(22)12-15-7-5-11-27-15/h1,3,5-7,9,11H,2,4,8,10,12-13H2. The summed E-state index contributed by atoms with van der Waals surface area (Å²) in [4.78, 5) is 20.4. The Hall–Kier alpha value is -2.38. The maximum Gasteiger partial charge on any atom is 0.263 e. The van der Waals surface area contributed by atoms with Gasteiger partial charge in [0.1, 0.15) is 16.4 Å². The Balaban J connectivity index is 1.60. The third-order valence-corrected chi connectivity index (χ3v) is 7.46. The molecular formula is C22H19FN2O2S2. The molecule has 3 heterocycles. The Morgan fingerprint density at radius 1 is 1.17 bits per heavy atom. The second-order valence-corrected chi connectivity index (χ2v) is 9.16. The monoisotopic (exact) mass is 426 g/mol. The van der Waals surface area contributed by atoms with Crippen LogP contribution in [0.4, 0.5) is 4.39 Å². The fourth-order valence-electron chi connectivity index (χ4n) is 3.79. The van der Waals surface area contributed by atoms with E-state index in [1.807, 2.05) is 18.2 Å². The highest BCUT2D eigenvalue weighted by molar-refractivity contribution is 7.98. The molecule has 1 aliphatic rings. The molecule has 1 aliphatic carbocycles. The predicted molar refractivity (Wildman–Crippen MR) is 114 cm³/mol. The SMILES string of the molecule is O=c1c2c3c(sc2nc(SCc2ccccc2F)n1Cc1ccco1)CCCC3. The minimum absolute atomic E-state index is 0.0261. The Labute approximate surface area is 175 Å². The number of aromatic nitrogens is 2. The molecule has 4 nitrogen and oxygen atoms in total. The Morgan fingerprint density at radius 3 is 2.86 bits per heavy atom. The van der Waals surface area contributed by atoms with Gasteiger partial charge in [0.15, 0.2) is 5.16 Å². The fraction of sp³-hybridized carbons (Fsp3) is 0.273. The number of rotatable bonds is 5. The zero-order chi connectivity index (χ0) is 19.8. The van der Waals surface area contributed by atoms with Crippen LogP contribution in [-0.4, -0.2) is 9.55 Å². The van der Waals surface area contributed by atoms with Crippen molar-refractivity contribution in [3.05, 3.63) is 80.6 Å². The van der Waals surface area contributed by atoms with E-state index >= 15 is 0 Å². The highest BCUT2D eigenvalue weighted by atomic mass is 32.2. The first kappa shape index (κ1) is 18.6. The van der Waals surface area contributed by atoms with Crippen molar-refractivity contribution in [1.29, 1.82) is 0 Å². The molecule has 148 valence electrons. The number of furan rings is 1. The van der Waals surface area contributed by atoms with Gasteiger partial charge in [0.05, 0.1) is 18.2 Å². The molecule has 0 saturated heterocycles. The number of benzene rings is 1. The number of nitrogens with zero attached hydrogens (tertiary/aromatic N) is 2. The van der Waals surface area contributed by atoms with Crippen molar-refractivity contribution >= 4 is 33.3 Å². The smallest absolute Gasteiger partial charge is 0.263 e. The lowest BCUT2D eigenvalue weighted by Crippen LogP contribution is -2.24. The first-order valence-corrected chi connectivity index (χ1v) is 11.4. The van der Waals surface area contributed by atoms with Crippen molar-refractivity contribution in [2.24, 2.45) is 0 Å². The van der Waals surface area contributed by atoms with E-state index in [4.69, 9.17) is 9.40 Å². The highest BCUT2D eigenvalue weighted by Crippen LogP contribution is 2.35. The van der Waals surface area contributed by atoms with Gasteiger partial charge < -0.3 is 4.42 Å². The van der Waals surface area contributed by atoms with Gasteiger partial charge in [-0.15, -0.1) is 11.3 Å². The summed E-state index contributed by atoms with van der Waals surface area (Å²) in [5.41, 5.74) is 1.75. The van der Waals surface area contributed by atoms with E-state index in [1.54, 1.807) is 34.3 Å². The summed E-state index contributed by atoms with van der Waals surface area (Å²) in [6, 6.07) is 10.4. The molecule has 0 spiro atoms. The van der Waals surface area contributed by atoms with Crippen LogP contribution in [0.2, 0.25) is 0 Å². The third kappa shape index (κ3) is 3.53. The fourth-order valence-corrected chi connectivity index (χ4v) is 6.07. The average molecular weight is 427 g/mol. The zero-order valence-corrected chi connectivity index (χ0v) is 17.3. The van der Waals surface area contributed by atoms with Crippen LogP contribution in [0.1, 0.15) is 34.6 Å². The van der Waals surface area contributed by atoms with Gasteiger partial charge in [0.25, 0.3) is 5.56 Å². The van der Waals surface area contributed by atoms with Gasteiger partial charge in [0.2, 0.25) is 0 Å². The van der Waals surface area contributed by atoms with Gasteiger partial charge in [-0.2, -0.15) is 0 Å². The summed E-state index contributed by atoms with van der Waals surface area (Å²) in [5, 5.41) is 1.35. The second-order valence-electron chi connectivity index (χ2n) is 7.14. The second kappa shape index (κ2) is 7.80. The van der Waals surface area contributed by atoms with Crippen LogP contribution in [0.25, 0.3) is 10.2 Å². The van der Waals surface area contributed by atoms with Gasteiger partial charge in [0, 0.05) is 10.6 Å². The van der Waals surface area contributed by atoms with Crippen molar-refractivity contribution in [3.8, 4) is 0 Å². The molecule has 0 bridgehead atoms. The van der Waals surface area contributed by atoms with Gasteiger partial charge in [-0.1, -0.05) is 30.0 Å². The van der Waals surface area contributed by atoms with Crippen LogP contribution < -0.4 is 5.56 Å². The maximum atomic E-state index is 14.1. The van der Waals surface area contributed by atoms with Crippen molar-refractivity contribution in [1.82, 2.24) is 9.55 Å². The van der Waals surface area contributed by atoms with Gasteiger partial charge >= 0.3 is 0 Å². The number of fused-ring (bicyclic) bond motifs is 3. The molecule has 0 radical (unpaired) electrons. The minimum Gasteiger partial charge on any atom is -0.467 e. The van der Waals surface area contributed by atoms with E-state index in [1.165, 1.54) is 28.3 Å². The average Bonchev–Trinajstić information content (AvgIpc) is 3.37. The van der Waals surface area contributed by atoms with Crippen LogP contribution in [0, 0.1) is 5.82 Å². The van der Waals surface area contributed by atoms with Crippen LogP contribution in [0.5, 0.6) is 0 Å².